The summed E-state index contributed by atoms with van der Waals surface area (Å²) in [5.74, 6) is 0. The van der Waals surface area contributed by atoms with Crippen molar-refractivity contribution in [2.45, 2.75) is 0 Å². The topological polar surface area (TPSA) is 57.8 Å². The molecule has 12 heavy (non-hydrogen) atoms. The largest absolute Gasteiger partial charge is 0.327 e. The second-order valence-corrected chi connectivity index (χ2v) is 2.40. The summed E-state index contributed by atoms with van der Waals surface area (Å²) >= 11 is 0. The number of amides is 1. The summed E-state index contributed by atoms with van der Waals surface area (Å²) in [6.45, 7) is 0. The van der Waals surface area contributed by atoms with Crippen molar-refractivity contribution in [3.63, 3.8) is 0 Å². The number of carbonyl (C=O) groups excluding carboxylic acids is 1. The van der Waals surface area contributed by atoms with Crippen molar-refractivity contribution in [3.05, 3.63) is 24.4 Å². The molecule has 4 nitrogen and oxygen atoms in total. The fourth-order valence-corrected chi connectivity index (χ4v) is 1.15. The summed E-state index contributed by atoms with van der Waals surface area (Å²) in [7, 11) is 0. The van der Waals surface area contributed by atoms with E-state index in [1.807, 2.05) is 18.2 Å². The van der Waals surface area contributed by atoms with Crippen LogP contribution in [0.2, 0.25) is 0 Å². The molecule has 0 aliphatic rings. The number of H-pyrrole nitrogens is 1. The van der Waals surface area contributed by atoms with Crippen LogP contribution in [-0.4, -0.2) is 16.6 Å². The Kier molecular flexibility index (Phi) is 1.51. The second-order valence-electron chi connectivity index (χ2n) is 2.40. The van der Waals surface area contributed by atoms with Crippen LogP contribution in [0.15, 0.2) is 24.4 Å². The van der Waals surface area contributed by atoms with E-state index in [-0.39, 0.29) is 0 Å². The monoisotopic (exact) mass is 161 g/mol. The van der Waals surface area contributed by atoms with Gasteiger partial charge in [-0.15, -0.1) is 0 Å². The lowest BCUT2D eigenvalue weighted by molar-refractivity contribution is -0.105. The number of nitrogens with zero attached hydrogens (tertiary/aromatic N) is 1. The van der Waals surface area contributed by atoms with Gasteiger partial charge in [0.1, 0.15) is 0 Å². The molecule has 0 saturated heterocycles. The molecule has 0 unspecified atom stereocenters. The number of anilines is 1. The van der Waals surface area contributed by atoms with Gasteiger partial charge in [-0.2, -0.15) is 5.10 Å². The van der Waals surface area contributed by atoms with E-state index < -0.39 is 0 Å². The van der Waals surface area contributed by atoms with Crippen molar-refractivity contribution in [2.75, 3.05) is 5.32 Å². The molecule has 0 atom stereocenters. The summed E-state index contributed by atoms with van der Waals surface area (Å²) < 4.78 is 0. The molecule has 2 aromatic rings. The Morgan fingerprint density at radius 3 is 3.25 bits per heavy atom. The second kappa shape index (κ2) is 2.65. The zero-order chi connectivity index (χ0) is 8.39. The number of aromatic nitrogens is 2. The third kappa shape index (κ3) is 0.934. The molecule has 1 heterocycles. The number of hydrogen-bond donors (Lipinski definition) is 2. The SMILES string of the molecule is O=CNc1cccc2cn[nH]c12. The molecule has 0 bridgehead atoms. The van der Waals surface area contributed by atoms with Crippen molar-refractivity contribution in [3.8, 4) is 0 Å². The van der Waals surface area contributed by atoms with E-state index in [4.69, 9.17) is 0 Å². The van der Waals surface area contributed by atoms with Crippen molar-refractivity contribution in [2.24, 2.45) is 0 Å². The predicted molar refractivity (Wildman–Crippen MR) is 45.8 cm³/mol. The van der Waals surface area contributed by atoms with Crippen LogP contribution < -0.4 is 5.32 Å². The van der Waals surface area contributed by atoms with Crippen molar-refractivity contribution >= 4 is 23.0 Å². The molecule has 0 aliphatic carbocycles. The van der Waals surface area contributed by atoms with Gasteiger partial charge in [0.25, 0.3) is 0 Å². The van der Waals surface area contributed by atoms with Crippen LogP contribution in [0.3, 0.4) is 0 Å². The molecular formula is C8H7N3O. The molecule has 60 valence electrons. The highest BCUT2D eigenvalue weighted by atomic mass is 16.1. The van der Waals surface area contributed by atoms with Gasteiger partial charge in [-0.05, 0) is 6.07 Å². The fourth-order valence-electron chi connectivity index (χ4n) is 1.15. The van der Waals surface area contributed by atoms with Crippen LogP contribution in [-0.2, 0) is 4.79 Å². The number of hydrogen-bond acceptors (Lipinski definition) is 2. The lowest BCUT2D eigenvalue weighted by Crippen LogP contribution is -1.93. The first-order chi connectivity index (χ1) is 5.92. The van der Waals surface area contributed by atoms with Gasteiger partial charge in [-0.25, -0.2) is 0 Å². The van der Waals surface area contributed by atoms with E-state index in [1.54, 1.807) is 6.20 Å². The molecule has 1 amide bonds. The molecule has 0 spiro atoms. The summed E-state index contributed by atoms with van der Waals surface area (Å²) in [6.07, 6.45) is 2.36. The van der Waals surface area contributed by atoms with Crippen LogP contribution in [0, 0.1) is 0 Å². The summed E-state index contributed by atoms with van der Waals surface area (Å²) in [5.41, 5.74) is 1.60. The smallest absolute Gasteiger partial charge is 0.211 e. The van der Waals surface area contributed by atoms with E-state index in [9.17, 15) is 4.79 Å². The van der Waals surface area contributed by atoms with Gasteiger partial charge in [0.15, 0.2) is 0 Å². The van der Waals surface area contributed by atoms with Crippen molar-refractivity contribution in [1.29, 1.82) is 0 Å². The van der Waals surface area contributed by atoms with E-state index >= 15 is 0 Å². The Labute approximate surface area is 68.6 Å². The highest BCUT2D eigenvalue weighted by Gasteiger charge is 1.99. The van der Waals surface area contributed by atoms with Crippen LogP contribution in [0.4, 0.5) is 5.69 Å². The fraction of sp³-hybridized carbons (Fsp3) is 0. The first-order valence-corrected chi connectivity index (χ1v) is 3.54. The summed E-state index contributed by atoms with van der Waals surface area (Å²) in [6, 6.07) is 5.60. The van der Waals surface area contributed by atoms with E-state index in [1.165, 1.54) is 0 Å². The number of aromatic amines is 1. The molecule has 4 heteroatoms. The zero-order valence-electron chi connectivity index (χ0n) is 6.24. The quantitative estimate of drug-likeness (QED) is 0.648. The van der Waals surface area contributed by atoms with Gasteiger partial charge in [-0.1, -0.05) is 12.1 Å². The molecule has 0 aliphatic heterocycles. The molecule has 1 aromatic heterocycles. The van der Waals surface area contributed by atoms with Crippen molar-refractivity contribution in [1.82, 2.24) is 10.2 Å². The zero-order valence-corrected chi connectivity index (χ0v) is 6.24. The molecule has 1 aromatic carbocycles. The normalized spacial score (nSPS) is 10.0. The Hall–Kier alpha value is -1.84. The number of carbonyl (C=O) groups is 1. The summed E-state index contributed by atoms with van der Waals surface area (Å²) in [4.78, 5) is 10.2. The van der Waals surface area contributed by atoms with Crippen LogP contribution in [0.1, 0.15) is 0 Å². The highest BCUT2D eigenvalue weighted by Crippen LogP contribution is 2.19. The number of rotatable bonds is 2. The number of para-hydroxylation sites is 1. The standard InChI is InChI=1S/C8H7N3O/c12-5-9-7-3-1-2-6-4-10-11-8(6)7/h1-5H,(H,9,12)(H,10,11). The maximum Gasteiger partial charge on any atom is 0.211 e. The first-order valence-electron chi connectivity index (χ1n) is 3.54. The molecular weight excluding hydrogens is 154 g/mol. The van der Waals surface area contributed by atoms with Gasteiger partial charge in [0.05, 0.1) is 17.4 Å². The van der Waals surface area contributed by atoms with Gasteiger partial charge in [0.2, 0.25) is 6.41 Å². The number of nitrogens with one attached hydrogen (secondary N) is 2. The minimum atomic E-state index is 0.648. The third-order valence-corrected chi connectivity index (χ3v) is 1.69. The van der Waals surface area contributed by atoms with E-state index in [2.05, 4.69) is 15.5 Å². The highest BCUT2D eigenvalue weighted by molar-refractivity contribution is 5.93. The van der Waals surface area contributed by atoms with E-state index in [0.717, 1.165) is 16.6 Å². The van der Waals surface area contributed by atoms with Gasteiger partial charge in [0, 0.05) is 5.39 Å². The first kappa shape index (κ1) is 6.84. The number of benzene rings is 1. The Balaban J connectivity index is 2.65. The lowest BCUT2D eigenvalue weighted by atomic mass is 10.2. The third-order valence-electron chi connectivity index (χ3n) is 1.69. The average Bonchev–Trinajstić information content (AvgIpc) is 2.53. The van der Waals surface area contributed by atoms with Crippen LogP contribution in [0.5, 0.6) is 0 Å². The predicted octanol–water partition coefficient (Wildman–Crippen LogP) is 1.13. The molecule has 0 radical (unpaired) electrons. The number of fused-ring (bicyclic) bond motifs is 1. The Bertz CT molecular complexity index is 407. The average molecular weight is 161 g/mol. The van der Waals surface area contributed by atoms with Crippen LogP contribution >= 0.6 is 0 Å². The van der Waals surface area contributed by atoms with Gasteiger partial charge in [-0.3, -0.25) is 9.89 Å². The maximum absolute atomic E-state index is 10.2. The molecule has 2 rings (SSSR count). The molecule has 2 N–H and O–H groups in total. The summed E-state index contributed by atoms with van der Waals surface area (Å²) in [5, 5.41) is 10.2. The van der Waals surface area contributed by atoms with Gasteiger partial charge >= 0.3 is 0 Å². The van der Waals surface area contributed by atoms with Gasteiger partial charge < -0.3 is 5.32 Å². The lowest BCUT2D eigenvalue weighted by Gasteiger charge is -1.97. The molecule has 0 saturated carbocycles. The van der Waals surface area contributed by atoms with Crippen molar-refractivity contribution < 1.29 is 4.79 Å². The minimum Gasteiger partial charge on any atom is -0.327 e. The Morgan fingerprint density at radius 2 is 2.42 bits per heavy atom. The molecule has 0 fully saturated rings. The van der Waals surface area contributed by atoms with E-state index in [0.29, 0.717) is 6.41 Å². The Morgan fingerprint density at radius 1 is 1.50 bits per heavy atom. The maximum atomic E-state index is 10.2. The van der Waals surface area contributed by atoms with Crippen LogP contribution in [0.25, 0.3) is 10.9 Å². The minimum absolute atomic E-state index is 0.648.